The lowest BCUT2D eigenvalue weighted by atomic mass is 9.71. The molecule has 0 spiro atoms. The zero-order valence-electron chi connectivity index (χ0n) is 10.5. The predicted octanol–water partition coefficient (Wildman–Crippen LogP) is 3.80. The minimum atomic E-state index is -1.03. The summed E-state index contributed by atoms with van der Waals surface area (Å²) < 4.78 is 28.3. The number of benzene rings is 1. The average Bonchev–Trinajstić information content (AvgIpc) is 2.24. The Balaban J connectivity index is 2.62. The number of isocyanates is 1. The largest absolute Gasteiger partial charge is 0.235 e. The molecule has 1 saturated carbocycles. The van der Waals surface area contributed by atoms with E-state index in [1.165, 1.54) is 18.2 Å². The highest BCUT2D eigenvalue weighted by atomic mass is 19.1. The Bertz CT molecular complexity index is 515. The van der Waals surface area contributed by atoms with Crippen LogP contribution in [0.4, 0.5) is 8.78 Å². The van der Waals surface area contributed by atoms with Crippen molar-refractivity contribution in [2.24, 2.45) is 4.99 Å². The third kappa shape index (κ3) is 1.87. The maximum Gasteiger partial charge on any atom is 0.235 e. The lowest BCUT2D eigenvalue weighted by Gasteiger charge is -2.37. The summed E-state index contributed by atoms with van der Waals surface area (Å²) >= 11 is 0. The number of carbonyl (C=O) groups excluding carboxylic acids is 1. The normalized spacial score (nSPS) is 17.2. The van der Waals surface area contributed by atoms with Crippen molar-refractivity contribution >= 4 is 6.08 Å². The summed E-state index contributed by atoms with van der Waals surface area (Å²) in [6.07, 6.45) is 3.26. The molecule has 0 aromatic heterocycles. The first-order chi connectivity index (χ1) is 8.52. The van der Waals surface area contributed by atoms with E-state index in [4.69, 9.17) is 0 Å². The van der Waals surface area contributed by atoms with Crippen LogP contribution in [0.3, 0.4) is 0 Å². The second-order valence-corrected chi connectivity index (χ2v) is 5.07. The quantitative estimate of drug-likeness (QED) is 0.593. The molecule has 2 nitrogen and oxygen atoms in total. The van der Waals surface area contributed by atoms with Crippen molar-refractivity contribution in [1.82, 2.24) is 0 Å². The van der Waals surface area contributed by atoms with Gasteiger partial charge in [0.1, 0.15) is 17.2 Å². The van der Waals surface area contributed by atoms with Crippen LogP contribution >= 0.6 is 0 Å². The molecule has 0 heterocycles. The maximum absolute atomic E-state index is 14.4. The van der Waals surface area contributed by atoms with E-state index in [1.807, 2.05) is 13.8 Å². The molecule has 0 unspecified atom stereocenters. The zero-order valence-corrected chi connectivity index (χ0v) is 10.5. The Kier molecular flexibility index (Phi) is 3.31. The van der Waals surface area contributed by atoms with Crippen LogP contribution in [0.2, 0.25) is 0 Å². The van der Waals surface area contributed by atoms with E-state index in [0.29, 0.717) is 18.4 Å². The van der Waals surface area contributed by atoms with E-state index < -0.39 is 17.2 Å². The maximum atomic E-state index is 14.4. The molecule has 0 aliphatic heterocycles. The van der Waals surface area contributed by atoms with Crippen LogP contribution in [0.25, 0.3) is 0 Å². The van der Waals surface area contributed by atoms with Crippen LogP contribution < -0.4 is 0 Å². The SMILES string of the molecule is CC(C)c1ccc(F)c(C2(N=C=O)CCC2)c1F. The van der Waals surface area contributed by atoms with E-state index in [2.05, 4.69) is 4.99 Å². The average molecular weight is 251 g/mol. The molecule has 2 rings (SSSR count). The van der Waals surface area contributed by atoms with Gasteiger partial charge in [0.15, 0.2) is 0 Å². The van der Waals surface area contributed by atoms with Crippen LogP contribution in [0, 0.1) is 11.6 Å². The molecule has 0 saturated heterocycles. The molecule has 18 heavy (non-hydrogen) atoms. The summed E-state index contributed by atoms with van der Waals surface area (Å²) in [5.41, 5.74) is -0.636. The fourth-order valence-corrected chi connectivity index (χ4v) is 2.46. The van der Waals surface area contributed by atoms with Crippen molar-refractivity contribution in [3.8, 4) is 0 Å². The van der Waals surface area contributed by atoms with Gasteiger partial charge in [-0.1, -0.05) is 19.9 Å². The number of rotatable bonds is 3. The number of halogens is 2. The smallest absolute Gasteiger partial charge is 0.211 e. The molecule has 1 aromatic rings. The molecule has 0 bridgehead atoms. The van der Waals surface area contributed by atoms with Gasteiger partial charge >= 0.3 is 0 Å². The van der Waals surface area contributed by atoms with Gasteiger partial charge in [0.2, 0.25) is 6.08 Å². The molecule has 0 atom stereocenters. The molecule has 0 radical (unpaired) electrons. The summed E-state index contributed by atoms with van der Waals surface area (Å²) in [6, 6.07) is 2.71. The minimum absolute atomic E-state index is 0.0401. The van der Waals surface area contributed by atoms with Crippen molar-refractivity contribution in [1.29, 1.82) is 0 Å². The Morgan fingerprint density at radius 3 is 2.44 bits per heavy atom. The van der Waals surface area contributed by atoms with Crippen LogP contribution in [0.15, 0.2) is 17.1 Å². The zero-order chi connectivity index (χ0) is 13.3. The first-order valence-corrected chi connectivity index (χ1v) is 6.09. The first kappa shape index (κ1) is 12.9. The van der Waals surface area contributed by atoms with Gasteiger partial charge in [-0.25, -0.2) is 13.6 Å². The molecule has 1 aromatic carbocycles. The molecule has 0 N–H and O–H groups in total. The van der Waals surface area contributed by atoms with Gasteiger partial charge in [-0.3, -0.25) is 0 Å². The second-order valence-electron chi connectivity index (χ2n) is 5.07. The van der Waals surface area contributed by atoms with E-state index >= 15 is 0 Å². The Morgan fingerprint density at radius 2 is 2.00 bits per heavy atom. The van der Waals surface area contributed by atoms with Crippen molar-refractivity contribution < 1.29 is 13.6 Å². The second kappa shape index (κ2) is 4.62. The highest BCUT2D eigenvalue weighted by Crippen LogP contribution is 2.47. The molecule has 0 amide bonds. The molecule has 1 aliphatic rings. The highest BCUT2D eigenvalue weighted by Gasteiger charge is 2.43. The van der Waals surface area contributed by atoms with Crippen LogP contribution in [-0.4, -0.2) is 6.08 Å². The fraction of sp³-hybridized carbons (Fsp3) is 0.500. The standard InChI is InChI=1S/C14H15F2NO/c1-9(2)10-4-5-11(15)12(13(10)16)14(17-8-18)6-3-7-14/h4-5,9H,3,6-7H2,1-2H3. The van der Waals surface area contributed by atoms with Crippen LogP contribution in [-0.2, 0) is 10.3 Å². The molecular formula is C14H15F2NO. The van der Waals surface area contributed by atoms with Gasteiger partial charge in [-0.2, -0.15) is 4.99 Å². The van der Waals surface area contributed by atoms with Gasteiger partial charge in [0.05, 0.1) is 5.56 Å². The van der Waals surface area contributed by atoms with Crippen molar-refractivity contribution in [2.45, 2.75) is 44.6 Å². The molecule has 1 fully saturated rings. The van der Waals surface area contributed by atoms with Gasteiger partial charge in [-0.15, -0.1) is 0 Å². The van der Waals surface area contributed by atoms with Gasteiger partial charge in [0, 0.05) is 0 Å². The summed E-state index contributed by atoms with van der Waals surface area (Å²) in [7, 11) is 0. The van der Waals surface area contributed by atoms with Crippen molar-refractivity contribution in [2.75, 3.05) is 0 Å². The van der Waals surface area contributed by atoms with Gasteiger partial charge in [-0.05, 0) is 36.8 Å². The first-order valence-electron chi connectivity index (χ1n) is 6.09. The third-order valence-electron chi connectivity index (χ3n) is 3.65. The minimum Gasteiger partial charge on any atom is -0.211 e. The highest BCUT2D eigenvalue weighted by molar-refractivity contribution is 5.42. The van der Waals surface area contributed by atoms with Crippen molar-refractivity contribution in [3.05, 3.63) is 34.9 Å². The van der Waals surface area contributed by atoms with E-state index in [-0.39, 0.29) is 11.5 Å². The van der Waals surface area contributed by atoms with E-state index in [1.54, 1.807) is 0 Å². The fourth-order valence-electron chi connectivity index (χ4n) is 2.46. The van der Waals surface area contributed by atoms with Gasteiger partial charge in [0.25, 0.3) is 0 Å². The van der Waals surface area contributed by atoms with E-state index in [0.717, 1.165) is 6.42 Å². The third-order valence-corrected chi connectivity index (χ3v) is 3.65. The number of hydrogen-bond donors (Lipinski definition) is 0. The lowest BCUT2D eigenvalue weighted by Crippen LogP contribution is -2.34. The van der Waals surface area contributed by atoms with Crippen LogP contribution in [0.1, 0.15) is 50.2 Å². The van der Waals surface area contributed by atoms with Gasteiger partial charge < -0.3 is 0 Å². The lowest BCUT2D eigenvalue weighted by molar-refractivity contribution is 0.237. The van der Waals surface area contributed by atoms with E-state index in [9.17, 15) is 13.6 Å². The number of nitrogens with zero attached hydrogens (tertiary/aromatic N) is 1. The molecule has 4 heteroatoms. The summed E-state index contributed by atoms with van der Waals surface area (Å²) in [6.45, 7) is 3.69. The Labute approximate surface area is 105 Å². The summed E-state index contributed by atoms with van der Waals surface area (Å²) in [5.74, 6) is -1.24. The predicted molar refractivity (Wildman–Crippen MR) is 64.1 cm³/mol. The summed E-state index contributed by atoms with van der Waals surface area (Å²) in [5, 5.41) is 0. The topological polar surface area (TPSA) is 29.4 Å². The Morgan fingerprint density at radius 1 is 1.33 bits per heavy atom. The monoisotopic (exact) mass is 251 g/mol. The number of hydrogen-bond acceptors (Lipinski definition) is 2. The van der Waals surface area contributed by atoms with Crippen LogP contribution in [0.5, 0.6) is 0 Å². The number of aliphatic imine (C=N–C) groups is 1. The molecule has 1 aliphatic carbocycles. The molecule has 96 valence electrons. The van der Waals surface area contributed by atoms with Crippen molar-refractivity contribution in [3.63, 3.8) is 0 Å². The summed E-state index contributed by atoms with van der Waals surface area (Å²) in [4.78, 5) is 14.2. The Hall–Kier alpha value is -1.54. The molecular weight excluding hydrogens is 236 g/mol.